The van der Waals surface area contributed by atoms with Crippen molar-refractivity contribution in [3.8, 4) is 17.6 Å². The van der Waals surface area contributed by atoms with Gasteiger partial charge in [0.25, 0.3) is 0 Å². The van der Waals surface area contributed by atoms with Crippen LogP contribution in [-0.4, -0.2) is 31.2 Å². The Morgan fingerprint density at radius 1 is 1.48 bits per heavy atom. The fourth-order valence-corrected chi connectivity index (χ4v) is 3.23. The molecule has 7 nitrogen and oxygen atoms in total. The highest BCUT2D eigenvalue weighted by Crippen LogP contribution is 2.50. The van der Waals surface area contributed by atoms with Crippen LogP contribution in [0.2, 0.25) is 0 Å². The van der Waals surface area contributed by atoms with Crippen LogP contribution >= 0.6 is 0 Å². The van der Waals surface area contributed by atoms with Gasteiger partial charge in [-0.2, -0.15) is 8.78 Å². The zero-order valence-electron chi connectivity index (χ0n) is 14.4. The van der Waals surface area contributed by atoms with Crippen molar-refractivity contribution in [3.63, 3.8) is 0 Å². The molecule has 0 spiro atoms. The van der Waals surface area contributed by atoms with Crippen molar-refractivity contribution in [2.24, 2.45) is 4.99 Å². The summed E-state index contributed by atoms with van der Waals surface area (Å²) in [7, 11) is 0. The summed E-state index contributed by atoms with van der Waals surface area (Å²) in [6.07, 6.45) is 0.234. The number of rotatable bonds is 3. The lowest BCUT2D eigenvalue weighted by Crippen LogP contribution is -2.47. The molecule has 0 fully saturated rings. The Hall–Kier alpha value is -3.28. The SMILES string of the molecule is CCNC(=O)NC1Nc2cc(C3C#CC=CN=C3)c3c(c2N1)CC(F)(F)O3. The van der Waals surface area contributed by atoms with Crippen LogP contribution in [0.1, 0.15) is 24.0 Å². The van der Waals surface area contributed by atoms with E-state index in [4.69, 9.17) is 4.74 Å². The number of nitrogens with one attached hydrogen (secondary N) is 4. The predicted molar refractivity (Wildman–Crippen MR) is 97.1 cm³/mol. The second-order valence-electron chi connectivity index (χ2n) is 6.22. The third-order valence-electron chi connectivity index (χ3n) is 4.30. The number of benzene rings is 1. The average molecular weight is 373 g/mol. The zero-order valence-corrected chi connectivity index (χ0v) is 14.4. The van der Waals surface area contributed by atoms with Crippen molar-refractivity contribution in [1.82, 2.24) is 10.6 Å². The van der Waals surface area contributed by atoms with Gasteiger partial charge in [0.05, 0.1) is 23.7 Å². The van der Waals surface area contributed by atoms with Crippen LogP contribution in [-0.2, 0) is 6.42 Å². The van der Waals surface area contributed by atoms with Gasteiger partial charge < -0.3 is 26.0 Å². The van der Waals surface area contributed by atoms with Crippen LogP contribution in [0.4, 0.5) is 25.0 Å². The van der Waals surface area contributed by atoms with E-state index < -0.39 is 24.7 Å². The van der Waals surface area contributed by atoms with E-state index in [1.54, 1.807) is 31.5 Å². The summed E-state index contributed by atoms with van der Waals surface area (Å²) in [6, 6.07) is 1.33. The number of urea groups is 1. The minimum Gasteiger partial charge on any atom is -0.432 e. The van der Waals surface area contributed by atoms with Crippen molar-refractivity contribution >= 4 is 23.6 Å². The summed E-state index contributed by atoms with van der Waals surface area (Å²) in [4.78, 5) is 15.8. The first-order valence-corrected chi connectivity index (χ1v) is 8.50. The Morgan fingerprint density at radius 2 is 2.33 bits per heavy atom. The normalized spacial score (nSPS) is 22.9. The van der Waals surface area contributed by atoms with Gasteiger partial charge in [-0.1, -0.05) is 11.8 Å². The monoisotopic (exact) mass is 373 g/mol. The highest BCUT2D eigenvalue weighted by atomic mass is 19.3. The molecule has 4 rings (SSSR count). The Morgan fingerprint density at radius 3 is 3.15 bits per heavy atom. The molecule has 3 heterocycles. The van der Waals surface area contributed by atoms with Gasteiger partial charge >= 0.3 is 12.1 Å². The molecule has 9 heteroatoms. The molecule has 3 aliphatic heterocycles. The number of anilines is 2. The third kappa shape index (κ3) is 3.26. The number of hydrogen-bond acceptors (Lipinski definition) is 5. The van der Waals surface area contributed by atoms with Crippen molar-refractivity contribution in [2.75, 3.05) is 17.2 Å². The molecule has 0 saturated carbocycles. The summed E-state index contributed by atoms with van der Waals surface area (Å²) < 4.78 is 33.0. The topological polar surface area (TPSA) is 86.8 Å². The maximum atomic E-state index is 14.0. The van der Waals surface area contributed by atoms with Gasteiger partial charge in [-0.15, -0.1) is 0 Å². The number of allylic oxidation sites excluding steroid dienone is 1. The molecule has 0 saturated heterocycles. The summed E-state index contributed by atoms with van der Waals surface area (Å²) >= 11 is 0. The zero-order chi connectivity index (χ0) is 19.0. The molecule has 0 aromatic heterocycles. The summed E-state index contributed by atoms with van der Waals surface area (Å²) in [5.41, 5.74) is 1.95. The number of carbonyl (C=O) groups is 1. The first kappa shape index (κ1) is 17.1. The van der Waals surface area contributed by atoms with Crippen LogP contribution in [0.25, 0.3) is 0 Å². The number of amides is 2. The maximum Gasteiger partial charge on any atom is 0.402 e. The summed E-state index contributed by atoms with van der Waals surface area (Å²) in [6.45, 7) is 2.27. The van der Waals surface area contributed by atoms with Crippen molar-refractivity contribution in [1.29, 1.82) is 0 Å². The summed E-state index contributed by atoms with van der Waals surface area (Å²) in [5.74, 6) is 5.42. The van der Waals surface area contributed by atoms with Gasteiger partial charge in [-0.25, -0.2) is 4.79 Å². The number of alkyl halides is 2. The van der Waals surface area contributed by atoms with Crippen LogP contribution in [0.5, 0.6) is 5.75 Å². The molecule has 140 valence electrons. The van der Waals surface area contributed by atoms with Gasteiger partial charge in [-0.3, -0.25) is 4.99 Å². The lowest BCUT2D eigenvalue weighted by Gasteiger charge is -2.14. The van der Waals surface area contributed by atoms with Crippen molar-refractivity contribution in [2.45, 2.75) is 31.7 Å². The highest BCUT2D eigenvalue weighted by molar-refractivity contribution is 5.87. The number of halogens is 2. The van der Waals surface area contributed by atoms with Gasteiger partial charge in [0.2, 0.25) is 0 Å². The lowest BCUT2D eigenvalue weighted by molar-refractivity contribution is -0.159. The number of carbonyl (C=O) groups excluding carboxylic acids is 1. The smallest absolute Gasteiger partial charge is 0.402 e. The molecule has 4 N–H and O–H groups in total. The van der Waals surface area contributed by atoms with E-state index in [1.807, 2.05) is 0 Å². The standard InChI is InChI=1S/C18H17F2N5O2/c1-2-22-17(26)25-16-23-13-7-11(10-5-3-4-6-21-9-10)15-12(14(13)24-16)8-18(19,20)27-15/h4,6-7,9-10,16,23-24H,2,8H2,1H3,(H2,22,25,26). The first-order chi connectivity index (χ1) is 13.0. The minimum absolute atomic E-state index is 0.111. The number of hydrogen-bond donors (Lipinski definition) is 4. The Labute approximate surface area is 154 Å². The Balaban J connectivity index is 1.70. The number of nitrogens with zero attached hydrogens (tertiary/aromatic N) is 1. The lowest BCUT2D eigenvalue weighted by atomic mass is 9.95. The second kappa shape index (κ2) is 6.46. The van der Waals surface area contributed by atoms with Crippen molar-refractivity contribution < 1.29 is 18.3 Å². The van der Waals surface area contributed by atoms with Crippen molar-refractivity contribution in [3.05, 3.63) is 29.5 Å². The van der Waals surface area contributed by atoms with Crippen LogP contribution < -0.4 is 26.0 Å². The van der Waals surface area contributed by atoms with Crippen LogP contribution in [0, 0.1) is 11.8 Å². The molecule has 27 heavy (non-hydrogen) atoms. The predicted octanol–water partition coefficient (Wildman–Crippen LogP) is 2.34. The van der Waals surface area contributed by atoms with Gasteiger partial charge in [0.15, 0.2) is 6.29 Å². The molecule has 0 aliphatic carbocycles. The van der Waals surface area contributed by atoms with E-state index in [9.17, 15) is 13.6 Å². The molecule has 2 unspecified atom stereocenters. The van der Waals surface area contributed by atoms with Gasteiger partial charge in [0.1, 0.15) is 5.75 Å². The van der Waals surface area contributed by atoms with E-state index in [1.165, 1.54) is 0 Å². The van der Waals surface area contributed by atoms with E-state index in [0.717, 1.165) is 0 Å². The molecule has 2 atom stereocenters. The van der Waals surface area contributed by atoms with E-state index in [-0.39, 0.29) is 11.8 Å². The van der Waals surface area contributed by atoms with Gasteiger partial charge in [-0.05, 0) is 13.0 Å². The molecule has 2 amide bonds. The largest absolute Gasteiger partial charge is 0.432 e. The molecule has 0 bridgehead atoms. The maximum absolute atomic E-state index is 14.0. The fourth-order valence-electron chi connectivity index (χ4n) is 3.23. The fraction of sp³-hybridized carbons (Fsp3) is 0.333. The average Bonchev–Trinajstić information content (AvgIpc) is 3.01. The summed E-state index contributed by atoms with van der Waals surface area (Å²) in [5, 5.41) is 11.4. The van der Waals surface area contributed by atoms with E-state index in [2.05, 4.69) is 38.1 Å². The molecule has 3 aliphatic rings. The Kier molecular flexibility index (Phi) is 4.11. The van der Waals surface area contributed by atoms with Crippen LogP contribution in [0.3, 0.4) is 0 Å². The van der Waals surface area contributed by atoms with Crippen LogP contribution in [0.15, 0.2) is 23.3 Å². The third-order valence-corrected chi connectivity index (χ3v) is 4.30. The molecular formula is C18H17F2N5O2. The minimum atomic E-state index is -3.30. The van der Waals surface area contributed by atoms with E-state index in [0.29, 0.717) is 29.0 Å². The second-order valence-corrected chi connectivity index (χ2v) is 6.22. The highest BCUT2D eigenvalue weighted by Gasteiger charge is 2.45. The molecule has 1 aromatic carbocycles. The number of aliphatic imine (C=N–C) groups is 1. The first-order valence-electron chi connectivity index (χ1n) is 8.50. The Bertz CT molecular complexity index is 917. The molecular weight excluding hydrogens is 356 g/mol. The number of ether oxygens (including phenoxy) is 1. The van der Waals surface area contributed by atoms with E-state index >= 15 is 0 Å². The quantitative estimate of drug-likeness (QED) is 0.613. The van der Waals surface area contributed by atoms with Gasteiger partial charge in [0, 0.05) is 36.2 Å². The number of fused-ring (bicyclic) bond motifs is 3. The molecule has 0 radical (unpaired) electrons. The molecule has 1 aromatic rings.